The highest BCUT2D eigenvalue weighted by molar-refractivity contribution is 7.12. The molecule has 0 spiro atoms. The highest BCUT2D eigenvalue weighted by atomic mass is 32.1. The van der Waals surface area contributed by atoms with Crippen LogP contribution in [-0.2, 0) is 0 Å². The Balaban J connectivity index is 2.89. The summed E-state index contributed by atoms with van der Waals surface area (Å²) in [5, 5.41) is 1.29. The van der Waals surface area contributed by atoms with Crippen molar-refractivity contribution in [3.63, 3.8) is 0 Å². The summed E-state index contributed by atoms with van der Waals surface area (Å²) in [4.78, 5) is 10.3. The first kappa shape index (κ1) is 9.85. The number of alkyl halides is 3. The molecule has 0 bridgehead atoms. The number of hydrogen-bond donors (Lipinski definition) is 1. The Morgan fingerprint density at radius 2 is 2.15 bits per heavy atom. The molecule has 0 atom stereocenters. The average molecular weight is 211 g/mol. The van der Waals surface area contributed by atoms with Crippen LogP contribution in [0.15, 0.2) is 11.4 Å². The molecule has 0 unspecified atom stereocenters. The second-order valence-electron chi connectivity index (χ2n) is 2.03. The number of thiophene rings is 1. The summed E-state index contributed by atoms with van der Waals surface area (Å²) in [6, 6.07) is 1.04. The van der Waals surface area contributed by atoms with Gasteiger partial charge in [-0.3, -0.25) is 4.79 Å². The largest absolute Gasteiger partial charge is 0.573 e. The van der Waals surface area contributed by atoms with Crippen LogP contribution in [0, 0.1) is 0 Å². The lowest BCUT2D eigenvalue weighted by Crippen LogP contribution is -2.19. The number of primary amides is 1. The van der Waals surface area contributed by atoms with Crippen molar-refractivity contribution >= 4 is 17.2 Å². The third-order valence-electron chi connectivity index (χ3n) is 1.08. The third-order valence-corrected chi connectivity index (χ3v) is 1.99. The maximum atomic E-state index is 11.7. The summed E-state index contributed by atoms with van der Waals surface area (Å²) in [5.41, 5.74) is 4.80. The lowest BCUT2D eigenvalue weighted by Gasteiger charge is -2.07. The van der Waals surface area contributed by atoms with Crippen LogP contribution in [0.1, 0.15) is 9.67 Å². The van der Waals surface area contributed by atoms with Crippen LogP contribution in [0.4, 0.5) is 13.2 Å². The number of rotatable bonds is 2. The molecular weight excluding hydrogens is 207 g/mol. The Hall–Kier alpha value is -1.24. The van der Waals surface area contributed by atoms with Crippen LogP contribution < -0.4 is 10.5 Å². The number of nitrogens with two attached hydrogens (primary N) is 1. The van der Waals surface area contributed by atoms with E-state index < -0.39 is 18.0 Å². The third kappa shape index (κ3) is 2.62. The Bertz CT molecular complexity index is 320. The Morgan fingerprint density at radius 3 is 2.62 bits per heavy atom. The van der Waals surface area contributed by atoms with E-state index in [1.54, 1.807) is 0 Å². The Kier molecular flexibility index (Phi) is 2.46. The van der Waals surface area contributed by atoms with Gasteiger partial charge in [0.2, 0.25) is 0 Å². The minimum Gasteiger partial charge on any atom is -0.404 e. The molecule has 1 rings (SSSR count). The monoisotopic (exact) mass is 211 g/mol. The van der Waals surface area contributed by atoms with E-state index in [1.807, 2.05) is 0 Å². The van der Waals surface area contributed by atoms with E-state index >= 15 is 0 Å². The molecule has 1 aromatic heterocycles. The van der Waals surface area contributed by atoms with Gasteiger partial charge in [0.05, 0.1) is 0 Å². The van der Waals surface area contributed by atoms with Crippen molar-refractivity contribution in [3.05, 3.63) is 16.3 Å². The van der Waals surface area contributed by atoms with Crippen LogP contribution >= 0.6 is 11.3 Å². The lowest BCUT2D eigenvalue weighted by molar-refractivity contribution is -0.274. The van der Waals surface area contributed by atoms with E-state index in [9.17, 15) is 18.0 Å². The maximum Gasteiger partial charge on any atom is 0.573 e. The first-order valence-electron chi connectivity index (χ1n) is 3.03. The molecule has 0 radical (unpaired) electrons. The molecule has 1 amide bonds. The van der Waals surface area contributed by atoms with Crippen molar-refractivity contribution in [2.45, 2.75) is 6.36 Å². The first-order valence-corrected chi connectivity index (χ1v) is 3.91. The van der Waals surface area contributed by atoms with Crippen LogP contribution in [0.2, 0.25) is 0 Å². The molecule has 13 heavy (non-hydrogen) atoms. The number of ether oxygens (including phenoxy) is 1. The molecule has 0 aliphatic heterocycles. The Labute approximate surface area is 74.9 Å². The van der Waals surface area contributed by atoms with E-state index in [4.69, 9.17) is 5.73 Å². The smallest absolute Gasteiger partial charge is 0.404 e. The fourth-order valence-corrected chi connectivity index (χ4v) is 1.35. The van der Waals surface area contributed by atoms with Gasteiger partial charge in [-0.1, -0.05) is 0 Å². The molecule has 3 nitrogen and oxygen atoms in total. The van der Waals surface area contributed by atoms with Crippen molar-refractivity contribution in [1.82, 2.24) is 0 Å². The first-order chi connectivity index (χ1) is 5.90. The molecule has 0 aliphatic carbocycles. The van der Waals surface area contributed by atoms with Crippen LogP contribution in [0.3, 0.4) is 0 Å². The number of hydrogen-bond acceptors (Lipinski definition) is 3. The maximum absolute atomic E-state index is 11.7. The quantitative estimate of drug-likeness (QED) is 0.810. The van der Waals surface area contributed by atoms with E-state index in [-0.39, 0.29) is 4.88 Å². The minimum absolute atomic E-state index is 0.239. The molecule has 0 saturated heterocycles. The second kappa shape index (κ2) is 3.25. The SMILES string of the molecule is NC(=O)c1sccc1OC(F)(F)F. The molecule has 1 heterocycles. The second-order valence-corrected chi connectivity index (χ2v) is 2.94. The van der Waals surface area contributed by atoms with Gasteiger partial charge in [0.25, 0.3) is 5.91 Å². The van der Waals surface area contributed by atoms with Crippen molar-refractivity contribution in [2.75, 3.05) is 0 Å². The predicted octanol–water partition coefficient (Wildman–Crippen LogP) is 1.75. The fraction of sp³-hybridized carbons (Fsp3) is 0.167. The van der Waals surface area contributed by atoms with Crippen LogP contribution in [-0.4, -0.2) is 12.3 Å². The molecule has 0 aromatic carbocycles. The summed E-state index contributed by atoms with van der Waals surface area (Å²) in [5.74, 6) is -1.49. The molecule has 72 valence electrons. The Morgan fingerprint density at radius 1 is 1.54 bits per heavy atom. The van der Waals surface area contributed by atoms with Gasteiger partial charge in [0.15, 0.2) is 5.75 Å². The molecular formula is C6H4F3NO2S. The number of halogens is 3. The summed E-state index contributed by atoms with van der Waals surface area (Å²) >= 11 is 0.799. The van der Waals surface area contributed by atoms with Gasteiger partial charge in [0, 0.05) is 0 Å². The standard InChI is InChI=1S/C6H4F3NO2S/c7-6(8,9)12-3-1-2-13-4(3)5(10)11/h1-2H,(H2,10,11). The number of carbonyl (C=O) groups excluding carboxylic acids is 1. The predicted molar refractivity (Wildman–Crippen MR) is 39.5 cm³/mol. The van der Waals surface area contributed by atoms with E-state index in [0.29, 0.717) is 0 Å². The van der Waals surface area contributed by atoms with Crippen molar-refractivity contribution in [3.8, 4) is 5.75 Å². The van der Waals surface area contributed by atoms with Gasteiger partial charge < -0.3 is 10.5 Å². The number of amides is 1. The zero-order chi connectivity index (χ0) is 10.1. The highest BCUT2D eigenvalue weighted by Gasteiger charge is 2.33. The summed E-state index contributed by atoms with van der Waals surface area (Å²) in [6.07, 6.45) is -4.80. The van der Waals surface area contributed by atoms with Gasteiger partial charge in [-0.15, -0.1) is 24.5 Å². The van der Waals surface area contributed by atoms with Crippen molar-refractivity contribution in [2.24, 2.45) is 5.73 Å². The summed E-state index contributed by atoms with van der Waals surface area (Å²) in [6.45, 7) is 0. The van der Waals surface area contributed by atoms with Gasteiger partial charge in [-0.2, -0.15) is 0 Å². The minimum atomic E-state index is -4.80. The van der Waals surface area contributed by atoms with Crippen molar-refractivity contribution < 1.29 is 22.7 Å². The van der Waals surface area contributed by atoms with E-state index in [1.165, 1.54) is 5.38 Å². The molecule has 0 aliphatic rings. The normalized spacial score (nSPS) is 11.3. The zero-order valence-electron chi connectivity index (χ0n) is 6.09. The van der Waals surface area contributed by atoms with Gasteiger partial charge in [-0.25, -0.2) is 0 Å². The molecule has 0 saturated carbocycles. The zero-order valence-corrected chi connectivity index (χ0v) is 6.91. The summed E-state index contributed by atoms with van der Waals surface area (Å²) < 4.78 is 38.6. The highest BCUT2D eigenvalue weighted by Crippen LogP contribution is 2.29. The topological polar surface area (TPSA) is 52.3 Å². The van der Waals surface area contributed by atoms with E-state index in [0.717, 1.165) is 17.4 Å². The summed E-state index contributed by atoms with van der Waals surface area (Å²) in [7, 11) is 0. The van der Waals surface area contributed by atoms with Crippen LogP contribution in [0.25, 0.3) is 0 Å². The van der Waals surface area contributed by atoms with E-state index in [2.05, 4.69) is 4.74 Å². The molecule has 0 fully saturated rings. The number of carbonyl (C=O) groups is 1. The van der Waals surface area contributed by atoms with Gasteiger partial charge >= 0.3 is 6.36 Å². The fourth-order valence-electron chi connectivity index (χ4n) is 0.682. The molecule has 1 aromatic rings. The van der Waals surface area contributed by atoms with Gasteiger partial charge in [0.1, 0.15) is 4.88 Å². The molecule has 2 N–H and O–H groups in total. The van der Waals surface area contributed by atoms with Gasteiger partial charge in [-0.05, 0) is 11.4 Å². The lowest BCUT2D eigenvalue weighted by atomic mass is 10.4. The molecule has 7 heteroatoms. The van der Waals surface area contributed by atoms with Crippen LogP contribution in [0.5, 0.6) is 5.75 Å². The van der Waals surface area contributed by atoms with Crippen molar-refractivity contribution in [1.29, 1.82) is 0 Å². The average Bonchev–Trinajstić information content (AvgIpc) is 2.31.